The number of carbonyl (C=O) groups excluding carboxylic acids is 3. The molecule has 0 aliphatic heterocycles. The van der Waals surface area contributed by atoms with Crippen LogP contribution in [0.25, 0.3) is 0 Å². The van der Waals surface area contributed by atoms with Crippen molar-refractivity contribution < 1.29 is 19.1 Å². The van der Waals surface area contributed by atoms with Gasteiger partial charge in [-0.1, -0.05) is 90.3 Å². The minimum absolute atomic E-state index is 0.149. The second kappa shape index (κ2) is 25.3. The number of fused-ring (bicyclic) bond motifs is 1. The van der Waals surface area contributed by atoms with Gasteiger partial charge in [-0.05, 0) is 86.6 Å². The Balaban J connectivity index is 0.000000336. The molecule has 0 radical (unpaired) electrons. The normalized spacial score (nSPS) is 13.8. The summed E-state index contributed by atoms with van der Waals surface area (Å²) in [5, 5.41) is 5.11. The number of amides is 2. The van der Waals surface area contributed by atoms with E-state index in [4.69, 9.17) is 10.5 Å². The molecular formula is C39H63N3O4S. The van der Waals surface area contributed by atoms with Crippen LogP contribution in [0.3, 0.4) is 0 Å². The van der Waals surface area contributed by atoms with Crippen LogP contribution in [0, 0.1) is 0 Å². The van der Waals surface area contributed by atoms with Crippen molar-refractivity contribution in [1.29, 1.82) is 0 Å². The molecule has 7 nitrogen and oxygen atoms in total. The Morgan fingerprint density at radius 2 is 1.57 bits per heavy atom. The molecule has 0 saturated heterocycles. The first-order chi connectivity index (χ1) is 22.9. The van der Waals surface area contributed by atoms with Crippen molar-refractivity contribution in [3.8, 4) is 5.75 Å². The number of primary amides is 1. The minimum atomic E-state index is -0.186. The Bertz CT molecular complexity index is 1140. The number of unbranched alkanes of at least 4 members (excludes halogenated alkanes) is 9. The molecular weight excluding hydrogens is 607 g/mol. The van der Waals surface area contributed by atoms with E-state index in [0.717, 1.165) is 89.6 Å². The highest BCUT2D eigenvalue weighted by Gasteiger charge is 2.26. The number of nitrogens with one attached hydrogen (secondary N) is 1. The van der Waals surface area contributed by atoms with E-state index in [1.165, 1.54) is 54.5 Å². The van der Waals surface area contributed by atoms with Crippen molar-refractivity contribution in [1.82, 2.24) is 10.2 Å². The van der Waals surface area contributed by atoms with Crippen LogP contribution in [-0.2, 0) is 33.6 Å². The second-order valence-electron chi connectivity index (χ2n) is 12.8. The van der Waals surface area contributed by atoms with Crippen molar-refractivity contribution in [2.24, 2.45) is 5.73 Å². The van der Waals surface area contributed by atoms with Gasteiger partial charge in [0, 0.05) is 43.3 Å². The summed E-state index contributed by atoms with van der Waals surface area (Å²) in [4.78, 5) is 37.8. The van der Waals surface area contributed by atoms with Crippen molar-refractivity contribution in [2.45, 2.75) is 149 Å². The fourth-order valence-corrected chi connectivity index (χ4v) is 6.84. The molecule has 0 unspecified atom stereocenters. The van der Waals surface area contributed by atoms with Crippen LogP contribution in [0.2, 0.25) is 0 Å². The zero-order valence-electron chi connectivity index (χ0n) is 29.7. The van der Waals surface area contributed by atoms with Crippen LogP contribution >= 0.6 is 11.3 Å². The number of hydrogen-bond donors (Lipinski definition) is 2. The third-order valence-electron chi connectivity index (χ3n) is 8.86. The average molecular weight is 670 g/mol. The summed E-state index contributed by atoms with van der Waals surface area (Å²) in [6.07, 6.45) is 19.7. The van der Waals surface area contributed by atoms with Gasteiger partial charge in [-0.15, -0.1) is 11.3 Å². The predicted molar refractivity (Wildman–Crippen MR) is 196 cm³/mol. The molecule has 1 aromatic carbocycles. The molecule has 1 aromatic heterocycles. The summed E-state index contributed by atoms with van der Waals surface area (Å²) in [6.45, 7) is 9.32. The molecule has 8 heteroatoms. The van der Waals surface area contributed by atoms with E-state index in [1.54, 1.807) is 0 Å². The molecule has 2 amide bonds. The lowest BCUT2D eigenvalue weighted by Crippen LogP contribution is -2.41. The number of benzene rings is 1. The van der Waals surface area contributed by atoms with E-state index in [0.29, 0.717) is 25.3 Å². The van der Waals surface area contributed by atoms with Crippen LogP contribution in [0.15, 0.2) is 35.7 Å². The van der Waals surface area contributed by atoms with E-state index in [1.807, 2.05) is 30.4 Å². The lowest BCUT2D eigenvalue weighted by Gasteiger charge is -2.35. The maximum atomic E-state index is 11.7. The largest absolute Gasteiger partial charge is 0.426 e. The number of carbonyl (C=O) groups is 3. The maximum Gasteiger partial charge on any atom is 0.310 e. The Morgan fingerprint density at radius 1 is 0.872 bits per heavy atom. The molecule has 264 valence electrons. The smallest absolute Gasteiger partial charge is 0.310 e. The summed E-state index contributed by atoms with van der Waals surface area (Å²) in [7, 11) is 0. The van der Waals surface area contributed by atoms with E-state index in [-0.39, 0.29) is 17.8 Å². The molecule has 47 heavy (non-hydrogen) atoms. The van der Waals surface area contributed by atoms with E-state index < -0.39 is 0 Å². The molecule has 0 spiro atoms. The first kappa shape index (κ1) is 40.5. The number of ether oxygens (including phenoxy) is 1. The zero-order valence-corrected chi connectivity index (χ0v) is 30.5. The summed E-state index contributed by atoms with van der Waals surface area (Å²) in [5.41, 5.74) is 7.67. The molecule has 2 aromatic rings. The highest BCUT2D eigenvalue weighted by atomic mass is 32.1. The number of nitrogens with zero attached hydrogens (tertiary/aromatic N) is 1. The monoisotopic (exact) mass is 669 g/mol. The SMILES string of the molecule is CCCCNC(=O)CCCCCCCCCCCC(N)=O.CCCN(CCc1cccs1)[C@@H]1CCc2c(cccc2OC(=O)CC)C1. The van der Waals surface area contributed by atoms with Crippen LogP contribution in [0.5, 0.6) is 5.75 Å². The van der Waals surface area contributed by atoms with Gasteiger partial charge in [0.25, 0.3) is 0 Å². The predicted octanol–water partition coefficient (Wildman–Crippen LogP) is 8.55. The first-order valence-corrected chi connectivity index (χ1v) is 19.4. The lowest BCUT2D eigenvalue weighted by atomic mass is 9.86. The van der Waals surface area contributed by atoms with E-state index in [2.05, 4.69) is 47.6 Å². The molecule has 1 heterocycles. The number of esters is 1. The average Bonchev–Trinajstić information content (AvgIpc) is 3.59. The van der Waals surface area contributed by atoms with Crippen molar-refractivity contribution >= 4 is 29.1 Å². The number of thiophene rings is 1. The summed E-state index contributed by atoms with van der Waals surface area (Å²) in [5.74, 6) is 0.643. The van der Waals surface area contributed by atoms with Crippen molar-refractivity contribution in [3.63, 3.8) is 0 Å². The van der Waals surface area contributed by atoms with Gasteiger partial charge in [0.1, 0.15) is 5.75 Å². The van der Waals surface area contributed by atoms with Gasteiger partial charge in [0.15, 0.2) is 0 Å². The highest BCUT2D eigenvalue weighted by molar-refractivity contribution is 7.09. The number of hydrogen-bond acceptors (Lipinski definition) is 6. The minimum Gasteiger partial charge on any atom is -0.426 e. The fourth-order valence-electron chi connectivity index (χ4n) is 6.14. The Hall–Kier alpha value is -2.71. The Morgan fingerprint density at radius 3 is 2.19 bits per heavy atom. The van der Waals surface area contributed by atoms with Gasteiger partial charge in [0.2, 0.25) is 11.8 Å². The summed E-state index contributed by atoms with van der Waals surface area (Å²) < 4.78 is 5.55. The second-order valence-corrected chi connectivity index (χ2v) is 13.9. The van der Waals surface area contributed by atoms with Crippen LogP contribution in [0.1, 0.15) is 140 Å². The zero-order chi connectivity index (χ0) is 34.1. The van der Waals surface area contributed by atoms with Crippen molar-refractivity contribution in [2.75, 3.05) is 19.6 Å². The van der Waals surface area contributed by atoms with Gasteiger partial charge in [-0.3, -0.25) is 19.3 Å². The lowest BCUT2D eigenvalue weighted by molar-refractivity contribution is -0.134. The van der Waals surface area contributed by atoms with Gasteiger partial charge in [0.05, 0.1) is 0 Å². The third kappa shape index (κ3) is 17.9. The van der Waals surface area contributed by atoms with Gasteiger partial charge in [-0.2, -0.15) is 0 Å². The molecule has 1 aliphatic carbocycles. The first-order valence-electron chi connectivity index (χ1n) is 18.5. The molecule has 0 saturated carbocycles. The maximum absolute atomic E-state index is 11.7. The fraction of sp³-hybridized carbons (Fsp3) is 0.667. The van der Waals surface area contributed by atoms with E-state index >= 15 is 0 Å². The highest BCUT2D eigenvalue weighted by Crippen LogP contribution is 2.32. The summed E-state index contributed by atoms with van der Waals surface area (Å²) in [6, 6.07) is 11.1. The van der Waals surface area contributed by atoms with Gasteiger partial charge in [-0.25, -0.2) is 0 Å². The number of rotatable bonds is 23. The van der Waals surface area contributed by atoms with Crippen LogP contribution < -0.4 is 15.8 Å². The van der Waals surface area contributed by atoms with Crippen LogP contribution in [0.4, 0.5) is 0 Å². The number of nitrogens with two attached hydrogens (primary N) is 1. The molecule has 0 bridgehead atoms. The third-order valence-corrected chi connectivity index (χ3v) is 9.79. The quantitative estimate of drug-likeness (QED) is 0.0702. The molecule has 3 rings (SSSR count). The Kier molecular flexibility index (Phi) is 21.8. The molecule has 0 fully saturated rings. The molecule has 1 atom stereocenters. The van der Waals surface area contributed by atoms with E-state index in [9.17, 15) is 14.4 Å². The van der Waals surface area contributed by atoms with Gasteiger partial charge < -0.3 is 15.8 Å². The Labute approximate surface area is 289 Å². The molecule has 3 N–H and O–H groups in total. The van der Waals surface area contributed by atoms with Gasteiger partial charge >= 0.3 is 5.97 Å². The van der Waals surface area contributed by atoms with Crippen LogP contribution in [-0.4, -0.2) is 48.4 Å². The standard InChI is InChI=1S/C22H29NO2S.C17H34N2O2/c1-3-13-23(14-12-19-8-6-15-26-19)18-10-11-20-17(16-18)7-5-9-21(20)25-22(24)4-2;1-2-3-15-19-17(21)14-12-10-8-6-4-5-7-9-11-13-16(18)20/h5-9,15,18H,3-4,10-14,16H2,1-2H3;2-15H2,1H3,(H2,18,20)(H,19,21)/t18-;/m1./s1. The molecule has 1 aliphatic rings. The topological polar surface area (TPSA) is 102 Å². The summed E-state index contributed by atoms with van der Waals surface area (Å²) >= 11 is 1.85. The van der Waals surface area contributed by atoms with Crippen molar-refractivity contribution in [3.05, 3.63) is 51.7 Å².